The molecule has 1 aromatic carbocycles. The van der Waals surface area contributed by atoms with Gasteiger partial charge in [-0.05, 0) is 26.0 Å². The molecule has 0 fully saturated rings. The minimum atomic E-state index is -3.87. The van der Waals surface area contributed by atoms with Gasteiger partial charge in [0, 0.05) is 33.1 Å². The number of carbonyl (C=O) groups is 2. The summed E-state index contributed by atoms with van der Waals surface area (Å²) >= 11 is 0. The van der Waals surface area contributed by atoms with Crippen LogP contribution in [0.4, 0.5) is 5.69 Å². The van der Waals surface area contributed by atoms with Crippen molar-refractivity contribution in [1.29, 1.82) is 0 Å². The van der Waals surface area contributed by atoms with E-state index in [4.69, 9.17) is 4.74 Å². The Morgan fingerprint density at radius 1 is 1.20 bits per heavy atom. The van der Waals surface area contributed by atoms with Gasteiger partial charge in [-0.25, -0.2) is 8.42 Å². The molecule has 8 nitrogen and oxygen atoms in total. The summed E-state index contributed by atoms with van der Waals surface area (Å²) in [5.74, 6) is -0.339. The number of methoxy groups -OCH3 is 1. The Kier molecular flexibility index (Phi) is 7.38. The Morgan fingerprint density at radius 3 is 2.28 bits per heavy atom. The largest absolute Gasteiger partial charge is 0.495 e. The Balaban J connectivity index is 3.08. The molecule has 2 amide bonds. The van der Waals surface area contributed by atoms with Crippen LogP contribution in [0.15, 0.2) is 23.1 Å². The van der Waals surface area contributed by atoms with Crippen molar-refractivity contribution < 1.29 is 22.7 Å². The van der Waals surface area contributed by atoms with Crippen molar-refractivity contribution in [2.75, 3.05) is 39.1 Å². The third kappa shape index (κ3) is 5.17. The van der Waals surface area contributed by atoms with E-state index in [0.717, 1.165) is 4.31 Å². The Hall–Kier alpha value is -2.13. The number of anilines is 1. The molecule has 1 aromatic rings. The number of sulfonamides is 1. The second kappa shape index (κ2) is 8.82. The number of hydrogen-bond acceptors (Lipinski definition) is 5. The van der Waals surface area contributed by atoms with Crippen LogP contribution >= 0.6 is 0 Å². The molecule has 0 heterocycles. The van der Waals surface area contributed by atoms with Gasteiger partial charge in [-0.1, -0.05) is 0 Å². The monoisotopic (exact) mass is 371 g/mol. The highest BCUT2D eigenvalue weighted by Crippen LogP contribution is 2.28. The molecule has 0 aliphatic heterocycles. The molecular formula is C16H25N3O5S. The van der Waals surface area contributed by atoms with Crippen LogP contribution in [-0.2, 0) is 19.6 Å². The third-order valence-corrected chi connectivity index (χ3v) is 5.47. The van der Waals surface area contributed by atoms with Gasteiger partial charge >= 0.3 is 0 Å². The number of ether oxygens (including phenoxy) is 1. The maximum Gasteiger partial charge on any atom is 0.243 e. The molecule has 0 saturated carbocycles. The summed E-state index contributed by atoms with van der Waals surface area (Å²) in [6.45, 7) is 5.80. The molecule has 0 radical (unpaired) electrons. The van der Waals surface area contributed by atoms with Crippen molar-refractivity contribution in [2.45, 2.75) is 25.7 Å². The van der Waals surface area contributed by atoms with E-state index in [0.29, 0.717) is 18.8 Å². The maximum absolute atomic E-state index is 12.7. The number of rotatable bonds is 8. The average molecular weight is 371 g/mol. The van der Waals surface area contributed by atoms with Gasteiger partial charge in [0.05, 0.1) is 24.2 Å². The van der Waals surface area contributed by atoms with Gasteiger partial charge < -0.3 is 15.0 Å². The minimum absolute atomic E-state index is 0.0201. The predicted octanol–water partition coefficient (Wildman–Crippen LogP) is 1.14. The molecule has 1 N–H and O–H groups in total. The van der Waals surface area contributed by atoms with Crippen molar-refractivity contribution >= 4 is 27.5 Å². The predicted molar refractivity (Wildman–Crippen MR) is 95.0 cm³/mol. The summed E-state index contributed by atoms with van der Waals surface area (Å²) in [7, 11) is -1.14. The average Bonchev–Trinajstić information content (AvgIpc) is 2.55. The van der Waals surface area contributed by atoms with Gasteiger partial charge in [0.25, 0.3) is 0 Å². The van der Waals surface area contributed by atoms with Gasteiger partial charge in [0.2, 0.25) is 21.8 Å². The molecule has 0 aliphatic rings. The van der Waals surface area contributed by atoms with Crippen LogP contribution in [0.2, 0.25) is 0 Å². The Bertz CT molecular complexity index is 729. The molecular weight excluding hydrogens is 346 g/mol. The summed E-state index contributed by atoms with van der Waals surface area (Å²) in [4.78, 5) is 24.9. The van der Waals surface area contributed by atoms with E-state index in [9.17, 15) is 18.0 Å². The molecule has 1 rings (SSSR count). The van der Waals surface area contributed by atoms with Crippen molar-refractivity contribution in [2.24, 2.45) is 0 Å². The van der Waals surface area contributed by atoms with Crippen molar-refractivity contribution in [1.82, 2.24) is 9.21 Å². The lowest BCUT2D eigenvalue weighted by molar-refractivity contribution is -0.130. The van der Waals surface area contributed by atoms with Crippen molar-refractivity contribution in [3.63, 3.8) is 0 Å². The molecule has 0 atom stereocenters. The lowest BCUT2D eigenvalue weighted by Gasteiger charge is -2.23. The number of nitrogens with zero attached hydrogens (tertiary/aromatic N) is 2. The molecule has 0 aromatic heterocycles. The maximum atomic E-state index is 12.7. The second-order valence-electron chi connectivity index (χ2n) is 5.37. The topological polar surface area (TPSA) is 96.0 Å². The first kappa shape index (κ1) is 20.9. The first-order chi connectivity index (χ1) is 11.7. The first-order valence-corrected chi connectivity index (χ1v) is 9.31. The zero-order valence-electron chi connectivity index (χ0n) is 15.2. The molecule has 9 heteroatoms. The zero-order valence-corrected chi connectivity index (χ0v) is 16.0. The SMILES string of the molecule is CCN(CC)C(=O)CN(C)S(=O)(=O)c1ccc(NC(C)=O)c(OC)c1. The number of carbonyl (C=O) groups excluding carboxylic acids is 2. The van der Waals surface area contributed by atoms with E-state index in [2.05, 4.69) is 5.32 Å². The fraction of sp³-hybridized carbons (Fsp3) is 0.500. The standard InChI is InChI=1S/C16H25N3O5S/c1-6-19(7-2)16(21)11-18(4)25(22,23)13-8-9-14(17-12(3)20)15(10-13)24-5/h8-10H,6-7,11H2,1-5H3,(H,17,20). The summed E-state index contributed by atoms with van der Waals surface area (Å²) in [6, 6.07) is 4.13. The van der Waals surface area contributed by atoms with Crippen LogP contribution in [0.1, 0.15) is 20.8 Å². The first-order valence-electron chi connectivity index (χ1n) is 7.87. The molecule has 140 valence electrons. The van der Waals surface area contributed by atoms with Crippen LogP contribution < -0.4 is 10.1 Å². The van der Waals surface area contributed by atoms with Gasteiger partial charge in [-0.15, -0.1) is 0 Å². The number of amides is 2. The molecule has 0 unspecified atom stereocenters. The van der Waals surface area contributed by atoms with Crippen LogP contribution in [0.3, 0.4) is 0 Å². The molecule has 0 bridgehead atoms. The van der Waals surface area contributed by atoms with E-state index in [-0.39, 0.29) is 29.0 Å². The molecule has 0 aliphatic carbocycles. The summed E-state index contributed by atoms with van der Waals surface area (Å²) in [5, 5.41) is 2.56. The highest BCUT2D eigenvalue weighted by atomic mass is 32.2. The van der Waals surface area contributed by atoms with E-state index in [1.807, 2.05) is 13.8 Å². The van der Waals surface area contributed by atoms with Gasteiger partial charge in [0.15, 0.2) is 0 Å². The second-order valence-corrected chi connectivity index (χ2v) is 7.42. The number of hydrogen-bond donors (Lipinski definition) is 1. The molecule has 25 heavy (non-hydrogen) atoms. The van der Waals surface area contributed by atoms with E-state index in [1.54, 1.807) is 4.90 Å². The Labute approximate surface area is 148 Å². The van der Waals surface area contributed by atoms with Gasteiger partial charge in [-0.2, -0.15) is 4.31 Å². The van der Waals surface area contributed by atoms with E-state index in [1.165, 1.54) is 39.3 Å². The highest BCUT2D eigenvalue weighted by Gasteiger charge is 2.25. The zero-order chi connectivity index (χ0) is 19.2. The van der Waals surface area contributed by atoms with E-state index >= 15 is 0 Å². The van der Waals surface area contributed by atoms with Crippen molar-refractivity contribution in [3.8, 4) is 5.75 Å². The number of likely N-dealkylation sites (N-methyl/N-ethyl adjacent to an activating group) is 2. The number of benzene rings is 1. The van der Waals surface area contributed by atoms with Crippen LogP contribution in [-0.4, -0.2) is 63.2 Å². The van der Waals surface area contributed by atoms with Crippen LogP contribution in [0.5, 0.6) is 5.75 Å². The summed E-state index contributed by atoms with van der Waals surface area (Å²) < 4.78 is 31.5. The summed E-state index contributed by atoms with van der Waals surface area (Å²) in [5.41, 5.74) is 0.371. The highest BCUT2D eigenvalue weighted by molar-refractivity contribution is 7.89. The number of nitrogens with one attached hydrogen (secondary N) is 1. The minimum Gasteiger partial charge on any atom is -0.495 e. The normalized spacial score (nSPS) is 11.3. The van der Waals surface area contributed by atoms with Gasteiger partial charge in [0.1, 0.15) is 5.75 Å². The van der Waals surface area contributed by atoms with Crippen LogP contribution in [0, 0.1) is 0 Å². The van der Waals surface area contributed by atoms with Gasteiger partial charge in [-0.3, -0.25) is 9.59 Å². The molecule has 0 spiro atoms. The lowest BCUT2D eigenvalue weighted by atomic mass is 10.3. The Morgan fingerprint density at radius 2 is 1.80 bits per heavy atom. The lowest BCUT2D eigenvalue weighted by Crippen LogP contribution is -2.40. The fourth-order valence-electron chi connectivity index (χ4n) is 2.26. The molecule has 0 saturated heterocycles. The fourth-order valence-corrected chi connectivity index (χ4v) is 3.39. The summed E-state index contributed by atoms with van der Waals surface area (Å²) in [6.07, 6.45) is 0. The van der Waals surface area contributed by atoms with E-state index < -0.39 is 10.0 Å². The van der Waals surface area contributed by atoms with Crippen LogP contribution in [0.25, 0.3) is 0 Å². The third-order valence-electron chi connectivity index (χ3n) is 3.67. The quantitative estimate of drug-likeness (QED) is 0.739. The smallest absolute Gasteiger partial charge is 0.243 e. The van der Waals surface area contributed by atoms with Crippen molar-refractivity contribution in [3.05, 3.63) is 18.2 Å².